The van der Waals surface area contributed by atoms with E-state index in [9.17, 15) is 4.79 Å². The summed E-state index contributed by atoms with van der Waals surface area (Å²) in [6, 6.07) is 16.2. The third kappa shape index (κ3) is 4.68. The predicted octanol–water partition coefficient (Wildman–Crippen LogP) is 4.82. The van der Waals surface area contributed by atoms with Crippen LogP contribution in [0.15, 0.2) is 53.7 Å². The Morgan fingerprint density at radius 3 is 2.50 bits per heavy atom. The summed E-state index contributed by atoms with van der Waals surface area (Å²) in [6.45, 7) is 6.79. The summed E-state index contributed by atoms with van der Waals surface area (Å²) in [6.07, 6.45) is 1.88. The number of carbonyl (C=O) groups excluding carboxylic acids is 1. The van der Waals surface area contributed by atoms with Gasteiger partial charge in [0.2, 0.25) is 5.91 Å². The molecule has 1 heterocycles. The van der Waals surface area contributed by atoms with E-state index in [2.05, 4.69) is 23.7 Å². The van der Waals surface area contributed by atoms with Crippen molar-refractivity contribution in [2.75, 3.05) is 12.4 Å². The molecule has 0 spiro atoms. The molecule has 1 aromatic heterocycles. The fraction of sp³-hybridized carbons (Fsp3) is 0.364. The van der Waals surface area contributed by atoms with E-state index in [-0.39, 0.29) is 11.9 Å². The highest BCUT2D eigenvalue weighted by molar-refractivity contribution is 7.99. The number of nitrogens with zero attached hydrogens (tertiary/aromatic N) is 2. The summed E-state index contributed by atoms with van der Waals surface area (Å²) in [5.74, 6) is 1.23. The molecule has 5 nitrogen and oxygen atoms in total. The molecule has 1 N–H and O–H groups in total. The van der Waals surface area contributed by atoms with Gasteiger partial charge in [0.15, 0.2) is 5.16 Å². The van der Waals surface area contributed by atoms with E-state index in [1.54, 1.807) is 0 Å². The van der Waals surface area contributed by atoms with Crippen LogP contribution in [0.1, 0.15) is 33.6 Å². The number of ether oxygens (including phenoxy) is 1. The third-order valence-electron chi connectivity index (χ3n) is 4.62. The topological polar surface area (TPSA) is 56.1 Å². The predicted molar refractivity (Wildman–Crippen MR) is 115 cm³/mol. The van der Waals surface area contributed by atoms with Gasteiger partial charge in [0.05, 0.1) is 23.4 Å². The molecule has 0 aliphatic carbocycles. The number of thioether (sulfide) groups is 1. The zero-order chi connectivity index (χ0) is 19.9. The lowest BCUT2D eigenvalue weighted by molar-refractivity contribution is -0.119. The number of imidazole rings is 1. The zero-order valence-corrected chi connectivity index (χ0v) is 17.5. The quantitative estimate of drug-likeness (QED) is 0.526. The normalized spacial score (nSPS) is 11.1. The van der Waals surface area contributed by atoms with Crippen molar-refractivity contribution in [1.29, 1.82) is 0 Å². The molecular weight excluding hydrogens is 370 g/mol. The maximum Gasteiger partial charge on any atom is 0.230 e. The molecule has 28 heavy (non-hydrogen) atoms. The van der Waals surface area contributed by atoms with Gasteiger partial charge >= 0.3 is 0 Å². The van der Waals surface area contributed by atoms with Crippen molar-refractivity contribution in [3.63, 3.8) is 0 Å². The Labute approximate surface area is 170 Å². The molecule has 1 amide bonds. The van der Waals surface area contributed by atoms with Gasteiger partial charge in [-0.3, -0.25) is 9.36 Å². The molecule has 0 unspecified atom stereocenters. The smallest absolute Gasteiger partial charge is 0.230 e. The first-order valence-electron chi connectivity index (χ1n) is 9.79. The fourth-order valence-electron chi connectivity index (χ4n) is 3.10. The van der Waals surface area contributed by atoms with E-state index < -0.39 is 0 Å². The minimum Gasteiger partial charge on any atom is -0.494 e. The van der Waals surface area contributed by atoms with Gasteiger partial charge in [-0.25, -0.2) is 4.98 Å². The fourth-order valence-corrected chi connectivity index (χ4v) is 3.94. The highest BCUT2D eigenvalue weighted by Crippen LogP contribution is 2.28. The van der Waals surface area contributed by atoms with Crippen LogP contribution in [0, 0.1) is 0 Å². The Bertz CT molecular complexity index is 917. The summed E-state index contributed by atoms with van der Waals surface area (Å²) in [7, 11) is 0. The molecule has 2 aromatic carbocycles. The van der Waals surface area contributed by atoms with E-state index in [1.165, 1.54) is 11.8 Å². The number of fused-ring (bicyclic) bond motifs is 1. The molecule has 0 aliphatic heterocycles. The first-order chi connectivity index (χ1) is 13.7. The average Bonchev–Trinajstić information content (AvgIpc) is 3.09. The number of amides is 1. The molecule has 0 saturated carbocycles. The van der Waals surface area contributed by atoms with Crippen LogP contribution < -0.4 is 10.1 Å². The molecule has 3 aromatic rings. The Balaban J connectivity index is 1.86. The van der Waals surface area contributed by atoms with E-state index in [4.69, 9.17) is 9.72 Å². The molecule has 0 bridgehead atoms. The van der Waals surface area contributed by atoms with Crippen molar-refractivity contribution in [3.8, 4) is 11.4 Å². The minimum atomic E-state index is 0.0454. The molecule has 0 atom stereocenters. The first kappa shape index (κ1) is 20.3. The van der Waals surface area contributed by atoms with Crippen LogP contribution in [0.4, 0.5) is 0 Å². The van der Waals surface area contributed by atoms with Gasteiger partial charge in [-0.05, 0) is 56.2 Å². The van der Waals surface area contributed by atoms with Gasteiger partial charge in [-0.2, -0.15) is 0 Å². The highest BCUT2D eigenvalue weighted by Gasteiger charge is 2.15. The first-order valence-corrected chi connectivity index (χ1v) is 10.8. The zero-order valence-electron chi connectivity index (χ0n) is 16.6. The van der Waals surface area contributed by atoms with E-state index in [1.807, 2.05) is 55.5 Å². The Kier molecular flexibility index (Phi) is 6.98. The van der Waals surface area contributed by atoms with Crippen LogP contribution in [0.2, 0.25) is 0 Å². The molecule has 0 aliphatic rings. The van der Waals surface area contributed by atoms with Crippen LogP contribution in [-0.4, -0.2) is 33.9 Å². The summed E-state index contributed by atoms with van der Waals surface area (Å²) in [5.41, 5.74) is 2.94. The highest BCUT2D eigenvalue weighted by atomic mass is 32.2. The number of hydrogen-bond donors (Lipinski definition) is 1. The van der Waals surface area contributed by atoms with Crippen LogP contribution in [0.25, 0.3) is 16.7 Å². The van der Waals surface area contributed by atoms with Gasteiger partial charge in [0.1, 0.15) is 5.75 Å². The maximum absolute atomic E-state index is 12.3. The van der Waals surface area contributed by atoms with Gasteiger partial charge in [0, 0.05) is 11.7 Å². The number of para-hydroxylation sites is 2. The lowest BCUT2D eigenvalue weighted by Crippen LogP contribution is -2.35. The molecule has 148 valence electrons. The number of carbonyl (C=O) groups is 1. The van der Waals surface area contributed by atoms with Crippen molar-refractivity contribution in [1.82, 2.24) is 14.9 Å². The summed E-state index contributed by atoms with van der Waals surface area (Å²) >= 11 is 1.46. The maximum atomic E-state index is 12.3. The molecular formula is C22H27N3O2S. The monoisotopic (exact) mass is 397 g/mol. The SMILES string of the molecule is CCOc1ccc(-n2c(SCC(=O)NC(CC)CC)nc3ccccc32)cc1. The number of hydrogen-bond acceptors (Lipinski definition) is 4. The number of aromatic nitrogens is 2. The summed E-state index contributed by atoms with van der Waals surface area (Å²) < 4.78 is 7.65. The van der Waals surface area contributed by atoms with Gasteiger partial charge in [0.25, 0.3) is 0 Å². The molecule has 0 saturated heterocycles. The second-order valence-corrected chi connectivity index (χ2v) is 7.46. The second kappa shape index (κ2) is 9.64. The lowest BCUT2D eigenvalue weighted by Gasteiger charge is -2.14. The molecule has 0 radical (unpaired) electrons. The third-order valence-corrected chi connectivity index (χ3v) is 5.56. The summed E-state index contributed by atoms with van der Waals surface area (Å²) in [4.78, 5) is 17.1. The van der Waals surface area contributed by atoms with Crippen LogP contribution in [-0.2, 0) is 4.79 Å². The van der Waals surface area contributed by atoms with Crippen LogP contribution >= 0.6 is 11.8 Å². The Hall–Kier alpha value is -2.47. The Morgan fingerprint density at radius 1 is 1.11 bits per heavy atom. The van der Waals surface area contributed by atoms with Crippen molar-refractivity contribution in [3.05, 3.63) is 48.5 Å². The van der Waals surface area contributed by atoms with Crippen molar-refractivity contribution in [2.45, 2.75) is 44.8 Å². The number of benzene rings is 2. The van der Waals surface area contributed by atoms with Crippen LogP contribution in [0.3, 0.4) is 0 Å². The van der Waals surface area contributed by atoms with E-state index >= 15 is 0 Å². The van der Waals surface area contributed by atoms with Crippen molar-refractivity contribution >= 4 is 28.7 Å². The average molecular weight is 398 g/mol. The van der Waals surface area contributed by atoms with Gasteiger partial charge in [-0.1, -0.05) is 37.7 Å². The van der Waals surface area contributed by atoms with Gasteiger partial charge in [-0.15, -0.1) is 0 Å². The molecule has 0 fully saturated rings. The number of rotatable bonds is 9. The Morgan fingerprint density at radius 2 is 1.82 bits per heavy atom. The van der Waals surface area contributed by atoms with Gasteiger partial charge < -0.3 is 10.1 Å². The lowest BCUT2D eigenvalue weighted by atomic mass is 10.2. The number of nitrogens with one attached hydrogen (secondary N) is 1. The standard InChI is InChI=1S/C22H27N3O2S/c1-4-16(5-2)23-21(26)15-28-22-24-19-9-7-8-10-20(19)25(22)17-11-13-18(14-12-17)27-6-3/h7-14,16H,4-6,15H2,1-3H3,(H,23,26). The van der Waals surface area contributed by atoms with Crippen molar-refractivity contribution < 1.29 is 9.53 Å². The van der Waals surface area contributed by atoms with E-state index in [0.717, 1.165) is 40.5 Å². The molecule has 6 heteroatoms. The second-order valence-electron chi connectivity index (χ2n) is 6.52. The van der Waals surface area contributed by atoms with E-state index in [0.29, 0.717) is 12.4 Å². The summed E-state index contributed by atoms with van der Waals surface area (Å²) in [5, 5.41) is 3.90. The molecule has 3 rings (SSSR count). The van der Waals surface area contributed by atoms with Crippen molar-refractivity contribution in [2.24, 2.45) is 0 Å². The minimum absolute atomic E-state index is 0.0454. The largest absolute Gasteiger partial charge is 0.494 e. The van der Waals surface area contributed by atoms with Crippen LogP contribution in [0.5, 0.6) is 5.75 Å².